The summed E-state index contributed by atoms with van der Waals surface area (Å²) in [6.45, 7) is 0.294. The van der Waals surface area contributed by atoms with Crippen LogP contribution in [0.1, 0.15) is 21.5 Å². The highest BCUT2D eigenvalue weighted by Crippen LogP contribution is 2.29. The van der Waals surface area contributed by atoms with Crippen molar-refractivity contribution in [2.24, 2.45) is 0 Å². The molecule has 0 aliphatic carbocycles. The van der Waals surface area contributed by atoms with Gasteiger partial charge in [0.2, 0.25) is 0 Å². The Morgan fingerprint density at radius 1 is 1.19 bits per heavy atom. The minimum Gasteiger partial charge on any atom is -0.352 e. The van der Waals surface area contributed by atoms with Crippen LogP contribution in [0.25, 0.3) is 0 Å². The Kier molecular flexibility index (Phi) is 4.52. The second-order valence-corrected chi connectivity index (χ2v) is 4.33. The Hall–Kier alpha value is -2.44. The molecule has 1 heterocycles. The van der Waals surface area contributed by atoms with E-state index in [1.54, 1.807) is 12.4 Å². The molecule has 7 heteroatoms. The van der Waals surface area contributed by atoms with Gasteiger partial charge < -0.3 is 5.32 Å². The summed E-state index contributed by atoms with van der Waals surface area (Å²) >= 11 is 0. The predicted octanol–water partition coefficient (Wildman–Crippen LogP) is 2.47. The van der Waals surface area contributed by atoms with Gasteiger partial charge in [-0.2, -0.15) is 13.2 Å². The quantitative estimate of drug-likeness (QED) is 0.942. The van der Waals surface area contributed by atoms with Gasteiger partial charge in [0.25, 0.3) is 5.91 Å². The molecule has 110 valence electrons. The zero-order chi connectivity index (χ0) is 15.3. The number of carbonyl (C=O) groups is 1. The van der Waals surface area contributed by atoms with E-state index in [9.17, 15) is 18.0 Å². The number of alkyl halides is 3. The minimum atomic E-state index is -4.46. The topological polar surface area (TPSA) is 54.9 Å². The number of carbonyl (C=O) groups excluding carboxylic acids is 1. The van der Waals surface area contributed by atoms with Crippen LogP contribution in [0.5, 0.6) is 0 Å². The van der Waals surface area contributed by atoms with E-state index in [4.69, 9.17) is 0 Å². The van der Waals surface area contributed by atoms with Crippen LogP contribution in [0.2, 0.25) is 0 Å². The lowest BCUT2D eigenvalue weighted by atomic mass is 10.1. The lowest BCUT2D eigenvalue weighted by molar-refractivity contribution is -0.137. The third-order valence-electron chi connectivity index (χ3n) is 2.77. The highest BCUT2D eigenvalue weighted by Gasteiger charge is 2.30. The molecule has 2 aromatic rings. The second-order valence-electron chi connectivity index (χ2n) is 4.33. The van der Waals surface area contributed by atoms with Crippen LogP contribution in [-0.4, -0.2) is 22.4 Å². The molecule has 0 saturated heterocycles. The molecule has 0 fully saturated rings. The number of hydrogen-bond donors (Lipinski definition) is 1. The van der Waals surface area contributed by atoms with Gasteiger partial charge in [-0.05, 0) is 30.2 Å². The molecule has 1 aromatic heterocycles. The number of amides is 1. The first-order valence-electron chi connectivity index (χ1n) is 6.16. The molecule has 1 aromatic carbocycles. The van der Waals surface area contributed by atoms with Crippen molar-refractivity contribution in [2.75, 3.05) is 6.54 Å². The average Bonchev–Trinajstić information content (AvgIpc) is 2.47. The normalized spacial score (nSPS) is 11.2. The third-order valence-corrected chi connectivity index (χ3v) is 2.77. The van der Waals surface area contributed by atoms with Gasteiger partial charge in [-0.15, -0.1) is 0 Å². The molecular weight excluding hydrogens is 283 g/mol. The lowest BCUT2D eigenvalue weighted by Gasteiger charge is -2.09. The number of halogens is 3. The molecular formula is C14H12F3N3O. The van der Waals surface area contributed by atoms with Gasteiger partial charge >= 0.3 is 6.18 Å². The van der Waals surface area contributed by atoms with Crippen LogP contribution in [-0.2, 0) is 12.6 Å². The van der Waals surface area contributed by atoms with Gasteiger partial charge in [0, 0.05) is 24.5 Å². The summed E-state index contributed by atoms with van der Waals surface area (Å²) in [4.78, 5) is 19.5. The lowest BCUT2D eigenvalue weighted by Crippen LogP contribution is -2.26. The van der Waals surface area contributed by atoms with Crippen LogP contribution in [0.3, 0.4) is 0 Å². The third kappa shape index (κ3) is 4.27. The number of hydrogen-bond acceptors (Lipinski definition) is 3. The van der Waals surface area contributed by atoms with E-state index in [1.165, 1.54) is 18.5 Å². The summed E-state index contributed by atoms with van der Waals surface area (Å²) < 4.78 is 37.7. The van der Waals surface area contributed by atoms with Crippen LogP contribution < -0.4 is 5.32 Å². The van der Waals surface area contributed by atoms with Crippen molar-refractivity contribution in [1.82, 2.24) is 15.3 Å². The number of benzene rings is 1. The summed E-state index contributed by atoms with van der Waals surface area (Å²) in [5, 5.41) is 2.56. The number of aromatic nitrogens is 2. The van der Waals surface area contributed by atoms with E-state index in [-0.39, 0.29) is 5.56 Å². The van der Waals surface area contributed by atoms with Crippen LogP contribution in [0, 0.1) is 0 Å². The van der Waals surface area contributed by atoms with E-state index >= 15 is 0 Å². The molecule has 1 amide bonds. The Labute approximate surface area is 119 Å². The molecule has 0 unspecified atom stereocenters. The van der Waals surface area contributed by atoms with E-state index in [0.717, 1.165) is 17.7 Å². The predicted molar refractivity (Wildman–Crippen MR) is 69.5 cm³/mol. The fourth-order valence-electron chi connectivity index (χ4n) is 1.72. The van der Waals surface area contributed by atoms with Crippen LogP contribution in [0.15, 0.2) is 43.0 Å². The van der Waals surface area contributed by atoms with Crippen molar-refractivity contribution in [1.29, 1.82) is 0 Å². The van der Waals surface area contributed by atoms with E-state index in [0.29, 0.717) is 13.0 Å². The van der Waals surface area contributed by atoms with Gasteiger partial charge in [-0.25, -0.2) is 9.97 Å². The van der Waals surface area contributed by atoms with Gasteiger partial charge in [0.15, 0.2) is 0 Å². The van der Waals surface area contributed by atoms with E-state index in [2.05, 4.69) is 15.3 Å². The number of nitrogens with zero attached hydrogens (tertiary/aromatic N) is 2. The summed E-state index contributed by atoms with van der Waals surface area (Å²) in [6, 6.07) is 4.32. The Balaban J connectivity index is 1.95. The maximum Gasteiger partial charge on any atom is 0.416 e. The summed E-state index contributed by atoms with van der Waals surface area (Å²) in [6.07, 6.45) is 0.667. The van der Waals surface area contributed by atoms with Gasteiger partial charge in [0.05, 0.1) is 5.56 Å². The van der Waals surface area contributed by atoms with Crippen molar-refractivity contribution in [3.63, 3.8) is 0 Å². The molecule has 0 aliphatic rings. The molecule has 0 bridgehead atoms. The Morgan fingerprint density at radius 2 is 1.90 bits per heavy atom. The second kappa shape index (κ2) is 6.34. The Morgan fingerprint density at radius 3 is 2.57 bits per heavy atom. The number of nitrogens with one attached hydrogen (secondary N) is 1. The molecule has 4 nitrogen and oxygen atoms in total. The van der Waals surface area contributed by atoms with Crippen molar-refractivity contribution in [3.8, 4) is 0 Å². The summed E-state index contributed by atoms with van der Waals surface area (Å²) in [7, 11) is 0. The monoisotopic (exact) mass is 295 g/mol. The standard InChI is InChI=1S/C14H12F3N3O/c15-14(16,17)12-3-1-2-11(6-12)13(21)20-5-4-10-7-18-9-19-8-10/h1-3,6-9H,4-5H2,(H,20,21). The molecule has 1 N–H and O–H groups in total. The minimum absolute atomic E-state index is 0.0193. The molecule has 2 rings (SSSR count). The highest BCUT2D eigenvalue weighted by atomic mass is 19.4. The van der Waals surface area contributed by atoms with Crippen molar-refractivity contribution >= 4 is 5.91 Å². The number of rotatable bonds is 4. The smallest absolute Gasteiger partial charge is 0.352 e. The zero-order valence-electron chi connectivity index (χ0n) is 10.9. The molecule has 0 saturated carbocycles. The van der Waals surface area contributed by atoms with Gasteiger partial charge in [-0.3, -0.25) is 4.79 Å². The first kappa shape index (κ1) is 15.0. The molecule has 0 aliphatic heterocycles. The first-order valence-corrected chi connectivity index (χ1v) is 6.16. The fraction of sp³-hybridized carbons (Fsp3) is 0.214. The average molecular weight is 295 g/mol. The van der Waals surface area contributed by atoms with Crippen molar-refractivity contribution in [3.05, 3.63) is 59.7 Å². The summed E-state index contributed by atoms with van der Waals surface area (Å²) in [5.41, 5.74) is -0.0254. The van der Waals surface area contributed by atoms with E-state index in [1.807, 2.05) is 0 Å². The maximum atomic E-state index is 12.6. The molecule has 0 atom stereocenters. The van der Waals surface area contributed by atoms with Crippen molar-refractivity contribution in [2.45, 2.75) is 12.6 Å². The molecule has 0 radical (unpaired) electrons. The van der Waals surface area contributed by atoms with Crippen LogP contribution >= 0.6 is 0 Å². The van der Waals surface area contributed by atoms with Gasteiger partial charge in [0.1, 0.15) is 6.33 Å². The Bertz CT molecular complexity index is 614. The van der Waals surface area contributed by atoms with Crippen molar-refractivity contribution < 1.29 is 18.0 Å². The first-order chi connectivity index (χ1) is 9.97. The van der Waals surface area contributed by atoms with Crippen LogP contribution in [0.4, 0.5) is 13.2 Å². The molecule has 21 heavy (non-hydrogen) atoms. The largest absolute Gasteiger partial charge is 0.416 e. The van der Waals surface area contributed by atoms with Gasteiger partial charge in [-0.1, -0.05) is 6.07 Å². The van der Waals surface area contributed by atoms with E-state index < -0.39 is 17.6 Å². The zero-order valence-corrected chi connectivity index (χ0v) is 10.9. The summed E-state index contributed by atoms with van der Waals surface area (Å²) in [5.74, 6) is -0.544. The molecule has 0 spiro atoms. The highest BCUT2D eigenvalue weighted by molar-refractivity contribution is 5.94. The maximum absolute atomic E-state index is 12.6. The fourth-order valence-corrected chi connectivity index (χ4v) is 1.72. The SMILES string of the molecule is O=C(NCCc1cncnc1)c1cccc(C(F)(F)F)c1.